The predicted molar refractivity (Wildman–Crippen MR) is 67.2 cm³/mol. The summed E-state index contributed by atoms with van der Waals surface area (Å²) < 4.78 is 38.2. The Hall–Kier alpha value is -1.76. The monoisotopic (exact) mass is 288 g/mol. The Kier molecular flexibility index (Phi) is 4.17. The number of alkyl halides is 3. The van der Waals surface area contributed by atoms with Crippen molar-refractivity contribution >= 4 is 11.7 Å². The summed E-state index contributed by atoms with van der Waals surface area (Å²) in [5.41, 5.74) is -1.15. The number of amides is 2. The van der Waals surface area contributed by atoms with Gasteiger partial charge in [-0.1, -0.05) is 12.1 Å². The zero-order valence-corrected chi connectivity index (χ0v) is 10.6. The predicted octanol–water partition coefficient (Wildman–Crippen LogP) is 2.60. The van der Waals surface area contributed by atoms with Crippen LogP contribution in [-0.4, -0.2) is 23.8 Å². The molecule has 110 valence electrons. The number of urea groups is 1. The standard InChI is InChI=1S/C13H15F3N2O2/c14-13(15,16)10-3-1-2-4-11(10)18-12(20)17-7-8-5-9(19)6-8/h1-4,8-9,19H,5-7H2,(H2,17,18,20). The maximum Gasteiger partial charge on any atom is 0.418 e. The van der Waals surface area contributed by atoms with Gasteiger partial charge < -0.3 is 15.7 Å². The quantitative estimate of drug-likeness (QED) is 0.800. The summed E-state index contributed by atoms with van der Waals surface area (Å²) in [5, 5.41) is 13.8. The van der Waals surface area contributed by atoms with E-state index >= 15 is 0 Å². The Morgan fingerprint density at radius 2 is 1.95 bits per heavy atom. The molecule has 20 heavy (non-hydrogen) atoms. The molecule has 0 radical (unpaired) electrons. The van der Waals surface area contributed by atoms with Crippen LogP contribution in [0.25, 0.3) is 0 Å². The minimum Gasteiger partial charge on any atom is -0.393 e. The van der Waals surface area contributed by atoms with Crippen molar-refractivity contribution in [1.29, 1.82) is 0 Å². The number of benzene rings is 1. The van der Waals surface area contributed by atoms with Gasteiger partial charge in [-0.3, -0.25) is 0 Å². The van der Waals surface area contributed by atoms with E-state index in [9.17, 15) is 18.0 Å². The zero-order chi connectivity index (χ0) is 14.8. The molecule has 3 N–H and O–H groups in total. The third-order valence-electron chi connectivity index (χ3n) is 3.24. The number of carbonyl (C=O) groups is 1. The number of hydrogen-bond donors (Lipinski definition) is 3. The number of rotatable bonds is 3. The van der Waals surface area contributed by atoms with Gasteiger partial charge in [0, 0.05) is 6.54 Å². The first-order valence-electron chi connectivity index (χ1n) is 6.25. The van der Waals surface area contributed by atoms with Crippen LogP contribution in [0, 0.1) is 5.92 Å². The third kappa shape index (κ3) is 3.63. The van der Waals surface area contributed by atoms with E-state index in [0.29, 0.717) is 19.4 Å². The highest BCUT2D eigenvalue weighted by Gasteiger charge is 2.33. The van der Waals surface area contributed by atoms with Gasteiger partial charge in [0.25, 0.3) is 0 Å². The molecular formula is C13H15F3N2O2. The molecule has 2 rings (SSSR count). The highest BCUT2D eigenvalue weighted by atomic mass is 19.4. The fourth-order valence-corrected chi connectivity index (χ4v) is 2.11. The normalized spacial score (nSPS) is 22.0. The van der Waals surface area contributed by atoms with E-state index < -0.39 is 17.8 Å². The summed E-state index contributed by atoms with van der Waals surface area (Å²) in [4.78, 5) is 11.6. The average molecular weight is 288 g/mol. The number of nitrogens with one attached hydrogen (secondary N) is 2. The van der Waals surface area contributed by atoms with E-state index in [4.69, 9.17) is 5.11 Å². The Morgan fingerprint density at radius 1 is 1.30 bits per heavy atom. The van der Waals surface area contributed by atoms with Gasteiger partial charge >= 0.3 is 12.2 Å². The third-order valence-corrected chi connectivity index (χ3v) is 3.24. The molecule has 0 saturated heterocycles. The van der Waals surface area contributed by atoms with Gasteiger partial charge in [0.1, 0.15) is 0 Å². The van der Waals surface area contributed by atoms with Crippen LogP contribution in [0.5, 0.6) is 0 Å². The van der Waals surface area contributed by atoms with Gasteiger partial charge in [-0.15, -0.1) is 0 Å². The van der Waals surface area contributed by atoms with Gasteiger partial charge in [-0.25, -0.2) is 4.79 Å². The Labute approximate surface area is 114 Å². The number of carbonyl (C=O) groups excluding carboxylic acids is 1. The van der Waals surface area contributed by atoms with Crippen molar-refractivity contribution in [2.75, 3.05) is 11.9 Å². The molecule has 0 aromatic heterocycles. The minimum atomic E-state index is -4.51. The van der Waals surface area contributed by atoms with E-state index in [1.165, 1.54) is 18.2 Å². The number of para-hydroxylation sites is 1. The number of aliphatic hydroxyl groups is 1. The van der Waals surface area contributed by atoms with Crippen molar-refractivity contribution in [1.82, 2.24) is 5.32 Å². The van der Waals surface area contributed by atoms with Crippen LogP contribution in [0.2, 0.25) is 0 Å². The van der Waals surface area contributed by atoms with Crippen LogP contribution in [0.4, 0.5) is 23.7 Å². The molecule has 4 nitrogen and oxygen atoms in total. The Morgan fingerprint density at radius 3 is 2.55 bits per heavy atom. The van der Waals surface area contributed by atoms with Gasteiger partial charge in [0.05, 0.1) is 17.4 Å². The first-order chi connectivity index (χ1) is 9.36. The van der Waals surface area contributed by atoms with Crippen molar-refractivity contribution in [3.8, 4) is 0 Å². The summed E-state index contributed by atoms with van der Waals surface area (Å²) in [7, 11) is 0. The summed E-state index contributed by atoms with van der Waals surface area (Å²) in [5.74, 6) is 0.189. The van der Waals surface area contributed by atoms with E-state index in [-0.39, 0.29) is 17.7 Å². The molecule has 1 saturated carbocycles. The minimum absolute atomic E-state index is 0.189. The molecule has 1 aliphatic carbocycles. The lowest BCUT2D eigenvalue weighted by Crippen LogP contribution is -2.40. The molecule has 0 bridgehead atoms. The van der Waals surface area contributed by atoms with Crippen LogP contribution in [0.1, 0.15) is 18.4 Å². The summed E-state index contributed by atoms with van der Waals surface area (Å²) in [6.45, 7) is 0.344. The molecule has 7 heteroatoms. The Bertz CT molecular complexity index is 485. The lowest BCUT2D eigenvalue weighted by Gasteiger charge is -2.31. The maximum atomic E-state index is 12.7. The van der Waals surface area contributed by atoms with Crippen LogP contribution in [-0.2, 0) is 6.18 Å². The van der Waals surface area contributed by atoms with Gasteiger partial charge in [0.2, 0.25) is 0 Å². The first-order valence-corrected chi connectivity index (χ1v) is 6.25. The van der Waals surface area contributed by atoms with Gasteiger partial charge in [0.15, 0.2) is 0 Å². The fraction of sp³-hybridized carbons (Fsp3) is 0.462. The first kappa shape index (κ1) is 14.6. The maximum absolute atomic E-state index is 12.7. The summed E-state index contributed by atoms with van der Waals surface area (Å²) in [6.07, 6.45) is -3.61. The second-order valence-corrected chi connectivity index (χ2v) is 4.87. The second-order valence-electron chi connectivity index (χ2n) is 4.87. The van der Waals surface area contributed by atoms with Crippen molar-refractivity contribution in [2.45, 2.75) is 25.1 Å². The Balaban J connectivity index is 1.91. The highest BCUT2D eigenvalue weighted by molar-refractivity contribution is 5.90. The van der Waals surface area contributed by atoms with E-state index in [2.05, 4.69) is 10.6 Å². The summed E-state index contributed by atoms with van der Waals surface area (Å²) >= 11 is 0. The lowest BCUT2D eigenvalue weighted by atomic mass is 9.82. The van der Waals surface area contributed by atoms with Crippen molar-refractivity contribution in [2.24, 2.45) is 5.92 Å². The van der Waals surface area contributed by atoms with Crippen LogP contribution < -0.4 is 10.6 Å². The van der Waals surface area contributed by atoms with Gasteiger partial charge in [-0.05, 0) is 30.9 Å². The molecule has 1 fully saturated rings. The van der Waals surface area contributed by atoms with Crippen LogP contribution in [0.15, 0.2) is 24.3 Å². The molecule has 0 aliphatic heterocycles. The number of hydrogen-bond acceptors (Lipinski definition) is 2. The van der Waals surface area contributed by atoms with Crippen LogP contribution in [0.3, 0.4) is 0 Å². The van der Waals surface area contributed by atoms with Gasteiger partial charge in [-0.2, -0.15) is 13.2 Å². The molecule has 0 heterocycles. The topological polar surface area (TPSA) is 61.4 Å². The lowest BCUT2D eigenvalue weighted by molar-refractivity contribution is -0.136. The fourth-order valence-electron chi connectivity index (χ4n) is 2.11. The summed E-state index contributed by atoms with van der Waals surface area (Å²) in [6, 6.07) is 4.13. The number of anilines is 1. The largest absolute Gasteiger partial charge is 0.418 e. The van der Waals surface area contributed by atoms with Crippen molar-refractivity contribution < 1.29 is 23.1 Å². The molecule has 0 spiro atoms. The van der Waals surface area contributed by atoms with E-state index in [1.54, 1.807) is 0 Å². The molecule has 1 aliphatic rings. The van der Waals surface area contributed by atoms with Crippen LogP contribution >= 0.6 is 0 Å². The molecule has 0 unspecified atom stereocenters. The molecular weight excluding hydrogens is 273 g/mol. The SMILES string of the molecule is O=C(NCC1CC(O)C1)Nc1ccccc1C(F)(F)F. The number of aliphatic hydroxyl groups excluding tert-OH is 1. The molecule has 0 atom stereocenters. The molecule has 1 aromatic carbocycles. The van der Waals surface area contributed by atoms with Crippen molar-refractivity contribution in [3.63, 3.8) is 0 Å². The number of halogens is 3. The molecule has 2 amide bonds. The second kappa shape index (κ2) is 5.70. The molecule has 1 aromatic rings. The van der Waals surface area contributed by atoms with Crippen molar-refractivity contribution in [3.05, 3.63) is 29.8 Å². The zero-order valence-electron chi connectivity index (χ0n) is 10.6. The van der Waals surface area contributed by atoms with E-state index in [1.807, 2.05) is 0 Å². The van der Waals surface area contributed by atoms with E-state index in [0.717, 1.165) is 6.07 Å². The smallest absolute Gasteiger partial charge is 0.393 e. The average Bonchev–Trinajstić information content (AvgIpc) is 2.32. The highest BCUT2D eigenvalue weighted by Crippen LogP contribution is 2.34.